The van der Waals surface area contributed by atoms with Gasteiger partial charge in [-0.2, -0.15) is 0 Å². The lowest BCUT2D eigenvalue weighted by atomic mass is 10.1. The number of methoxy groups -OCH3 is 2. The molecule has 0 spiro atoms. The molecule has 1 rings (SSSR count). The summed E-state index contributed by atoms with van der Waals surface area (Å²) in [5.41, 5.74) is 0.806. The van der Waals surface area contributed by atoms with Crippen LogP contribution in [0.5, 0.6) is 0 Å². The Labute approximate surface area is 131 Å². The fraction of sp³-hybridized carbons (Fsp3) is 0.214. The van der Waals surface area contributed by atoms with Crippen molar-refractivity contribution in [1.82, 2.24) is 0 Å². The third kappa shape index (κ3) is 5.23. The second-order valence-corrected chi connectivity index (χ2v) is 4.10. The monoisotopic (exact) mass is 322 g/mol. The largest absolute Gasteiger partial charge is 0.466 e. The molecular formula is C14H14N2O7. The third-order valence-corrected chi connectivity index (χ3v) is 2.61. The molecule has 23 heavy (non-hydrogen) atoms. The predicted octanol–water partition coefficient (Wildman–Crippen LogP) is 1.57. The quantitative estimate of drug-likeness (QED) is 0.195. The van der Waals surface area contributed by atoms with Crippen LogP contribution in [0.3, 0.4) is 0 Å². The van der Waals surface area contributed by atoms with E-state index in [-0.39, 0.29) is 5.69 Å². The summed E-state index contributed by atoms with van der Waals surface area (Å²) < 4.78 is 8.84. The molecule has 9 heteroatoms. The number of carbonyl (C=O) groups excluding carboxylic acids is 2. The molecule has 0 atom stereocenters. The molecule has 122 valence electrons. The van der Waals surface area contributed by atoms with E-state index in [2.05, 4.69) is 14.6 Å². The van der Waals surface area contributed by atoms with Gasteiger partial charge in [-0.1, -0.05) is 5.16 Å². The fourth-order valence-corrected chi connectivity index (χ4v) is 1.38. The summed E-state index contributed by atoms with van der Waals surface area (Å²) in [6, 6.07) is 5.56. The number of hydrogen-bond acceptors (Lipinski definition) is 8. The Morgan fingerprint density at radius 1 is 1.17 bits per heavy atom. The maximum atomic E-state index is 11.5. The normalized spacial score (nSPS) is 11.6. The molecule has 0 bridgehead atoms. The number of esters is 2. The van der Waals surface area contributed by atoms with Gasteiger partial charge in [0, 0.05) is 12.1 Å². The summed E-state index contributed by atoms with van der Waals surface area (Å²) in [6.45, 7) is 1.56. The summed E-state index contributed by atoms with van der Waals surface area (Å²) in [6.07, 6.45) is 0.790. The van der Waals surface area contributed by atoms with E-state index in [0.29, 0.717) is 11.3 Å². The average Bonchev–Trinajstić information content (AvgIpc) is 2.57. The molecule has 0 radical (unpaired) electrons. The molecular weight excluding hydrogens is 308 g/mol. The Hall–Kier alpha value is -3.23. The molecule has 0 N–H and O–H groups in total. The van der Waals surface area contributed by atoms with Crippen LogP contribution < -0.4 is 0 Å². The molecule has 0 aliphatic carbocycles. The van der Waals surface area contributed by atoms with E-state index in [0.717, 1.165) is 20.3 Å². The molecule has 0 unspecified atom stereocenters. The number of nitro groups is 1. The summed E-state index contributed by atoms with van der Waals surface area (Å²) in [5.74, 6) is -2.18. The molecule has 0 aliphatic rings. The van der Waals surface area contributed by atoms with Crippen LogP contribution >= 0.6 is 0 Å². The summed E-state index contributed by atoms with van der Waals surface area (Å²) in [7, 11) is 2.25. The topological polar surface area (TPSA) is 117 Å². The number of nitrogens with zero attached hydrogens (tertiary/aromatic N) is 2. The van der Waals surface area contributed by atoms with E-state index in [9.17, 15) is 19.7 Å². The molecule has 0 aromatic heterocycles. The van der Waals surface area contributed by atoms with Gasteiger partial charge in [0.05, 0.1) is 30.9 Å². The van der Waals surface area contributed by atoms with Gasteiger partial charge >= 0.3 is 11.9 Å². The van der Waals surface area contributed by atoms with Crippen LogP contribution in [0.15, 0.2) is 41.3 Å². The first-order valence-corrected chi connectivity index (χ1v) is 6.23. The van der Waals surface area contributed by atoms with Gasteiger partial charge in [0.25, 0.3) is 5.69 Å². The third-order valence-electron chi connectivity index (χ3n) is 2.61. The van der Waals surface area contributed by atoms with Crippen molar-refractivity contribution in [3.63, 3.8) is 0 Å². The number of carbonyl (C=O) groups is 2. The van der Waals surface area contributed by atoms with Crippen LogP contribution in [-0.4, -0.2) is 36.8 Å². The summed E-state index contributed by atoms with van der Waals surface area (Å²) in [5, 5.41) is 14.3. The van der Waals surface area contributed by atoms with Crippen molar-refractivity contribution in [2.24, 2.45) is 5.16 Å². The lowest BCUT2D eigenvalue weighted by Gasteiger charge is -2.04. The van der Waals surface area contributed by atoms with Gasteiger partial charge in [-0.05, 0) is 24.6 Å². The minimum Gasteiger partial charge on any atom is -0.466 e. The number of non-ortho nitro benzene ring substituents is 1. The lowest BCUT2D eigenvalue weighted by Crippen LogP contribution is -2.10. The van der Waals surface area contributed by atoms with Crippen LogP contribution in [0.25, 0.3) is 0 Å². The van der Waals surface area contributed by atoms with Crippen LogP contribution in [0.4, 0.5) is 5.69 Å². The van der Waals surface area contributed by atoms with Crippen molar-refractivity contribution in [1.29, 1.82) is 0 Å². The molecule has 1 aromatic rings. The Kier molecular flexibility index (Phi) is 6.41. The minimum atomic E-state index is -0.907. The zero-order valence-electron chi connectivity index (χ0n) is 12.6. The molecule has 0 heterocycles. The Bertz CT molecular complexity index is 662. The number of ether oxygens (including phenoxy) is 2. The number of benzene rings is 1. The molecule has 0 aliphatic heterocycles. The Morgan fingerprint density at radius 2 is 1.78 bits per heavy atom. The molecule has 1 aromatic carbocycles. The van der Waals surface area contributed by atoms with Gasteiger partial charge in [-0.15, -0.1) is 0 Å². The standard InChI is InChI=1S/C14H14N2O7/c1-9(10-4-6-11(7-5-10)16(19)20)15-23-12(14(18)22-3)8-13(17)21-2/h4-8H,1-3H3/b12-8-,15-9+. The number of hydrogen-bond donors (Lipinski definition) is 0. The van der Waals surface area contributed by atoms with Crippen molar-refractivity contribution in [2.75, 3.05) is 14.2 Å². The van der Waals surface area contributed by atoms with Crippen LogP contribution in [0.2, 0.25) is 0 Å². The SMILES string of the molecule is COC(=O)/C=C(\O/N=C(\C)c1ccc([N+](=O)[O-])cc1)C(=O)OC. The van der Waals surface area contributed by atoms with Gasteiger partial charge in [-0.3, -0.25) is 10.1 Å². The molecule has 9 nitrogen and oxygen atoms in total. The van der Waals surface area contributed by atoms with Crippen LogP contribution in [0, 0.1) is 10.1 Å². The van der Waals surface area contributed by atoms with Gasteiger partial charge < -0.3 is 14.3 Å². The first kappa shape index (κ1) is 17.8. The molecule has 0 fully saturated rings. The molecule has 0 saturated heterocycles. The first-order valence-electron chi connectivity index (χ1n) is 6.23. The minimum absolute atomic E-state index is 0.0664. The fourth-order valence-electron chi connectivity index (χ4n) is 1.38. The van der Waals surface area contributed by atoms with Crippen molar-refractivity contribution in [2.45, 2.75) is 6.92 Å². The van der Waals surface area contributed by atoms with Crippen LogP contribution in [0.1, 0.15) is 12.5 Å². The highest BCUT2D eigenvalue weighted by molar-refractivity contribution is 5.99. The highest BCUT2D eigenvalue weighted by Crippen LogP contribution is 2.13. The van der Waals surface area contributed by atoms with Crippen molar-refractivity contribution < 1.29 is 28.8 Å². The van der Waals surface area contributed by atoms with E-state index < -0.39 is 22.6 Å². The highest BCUT2D eigenvalue weighted by Gasteiger charge is 2.15. The second kappa shape index (κ2) is 8.27. The van der Waals surface area contributed by atoms with Gasteiger partial charge in [0.15, 0.2) is 0 Å². The number of oxime groups is 1. The van der Waals surface area contributed by atoms with Gasteiger partial charge in [-0.25, -0.2) is 9.59 Å². The Morgan fingerprint density at radius 3 is 2.26 bits per heavy atom. The predicted molar refractivity (Wildman–Crippen MR) is 78.5 cm³/mol. The maximum Gasteiger partial charge on any atom is 0.377 e. The molecule has 0 amide bonds. The van der Waals surface area contributed by atoms with Crippen molar-refractivity contribution in [3.8, 4) is 0 Å². The maximum absolute atomic E-state index is 11.5. The van der Waals surface area contributed by atoms with E-state index in [1.54, 1.807) is 6.92 Å². The van der Waals surface area contributed by atoms with E-state index >= 15 is 0 Å². The first-order chi connectivity index (χ1) is 10.9. The lowest BCUT2D eigenvalue weighted by molar-refractivity contribution is -0.384. The van der Waals surface area contributed by atoms with Crippen molar-refractivity contribution in [3.05, 3.63) is 51.8 Å². The van der Waals surface area contributed by atoms with Gasteiger partial charge in [0.2, 0.25) is 5.76 Å². The Balaban J connectivity index is 2.94. The van der Waals surface area contributed by atoms with Crippen LogP contribution in [-0.2, 0) is 23.9 Å². The smallest absolute Gasteiger partial charge is 0.377 e. The molecule has 0 saturated carbocycles. The zero-order valence-corrected chi connectivity index (χ0v) is 12.6. The average molecular weight is 322 g/mol. The van der Waals surface area contributed by atoms with Crippen molar-refractivity contribution >= 4 is 23.3 Å². The number of rotatable bonds is 6. The number of nitro benzene ring substituents is 1. The van der Waals surface area contributed by atoms with Gasteiger partial charge in [0.1, 0.15) is 0 Å². The van der Waals surface area contributed by atoms with E-state index in [1.807, 2.05) is 0 Å². The van der Waals surface area contributed by atoms with E-state index in [1.165, 1.54) is 24.3 Å². The summed E-state index contributed by atoms with van der Waals surface area (Å²) in [4.78, 5) is 37.6. The highest BCUT2D eigenvalue weighted by atomic mass is 16.7. The zero-order chi connectivity index (χ0) is 17.4. The van der Waals surface area contributed by atoms with E-state index in [4.69, 9.17) is 4.84 Å². The summed E-state index contributed by atoms with van der Waals surface area (Å²) >= 11 is 0. The second-order valence-electron chi connectivity index (χ2n) is 4.10.